The zero-order chi connectivity index (χ0) is 41.0. The molecule has 4 N–H and O–H groups in total. The molecule has 0 aliphatic carbocycles. The van der Waals surface area contributed by atoms with Crippen molar-refractivity contribution in [2.45, 2.75) is 76.8 Å². The van der Waals surface area contributed by atoms with Crippen LogP contribution in [0.15, 0.2) is 42.7 Å². The van der Waals surface area contributed by atoms with Gasteiger partial charge in [0.25, 0.3) is 17.7 Å². The number of carbonyl (C=O) groups excluding carboxylic acids is 5. The van der Waals surface area contributed by atoms with Crippen molar-refractivity contribution in [3.63, 3.8) is 0 Å². The van der Waals surface area contributed by atoms with Crippen LogP contribution < -0.4 is 26.2 Å². The van der Waals surface area contributed by atoms with Gasteiger partial charge in [-0.2, -0.15) is 4.37 Å². The number of aromatic nitrogens is 3. The molecule has 1 aromatic carbocycles. The summed E-state index contributed by atoms with van der Waals surface area (Å²) in [4.78, 5) is 85.1. The average molecular weight is 822 g/mol. The minimum Gasteiger partial charge on any atom is -0.371 e. The lowest BCUT2D eigenvalue weighted by Gasteiger charge is -2.42. The van der Waals surface area contributed by atoms with Gasteiger partial charge in [0.2, 0.25) is 11.8 Å². The van der Waals surface area contributed by atoms with E-state index in [4.69, 9.17) is 10.7 Å². The third-order valence-corrected chi connectivity index (χ3v) is 14.2. The number of carbonyl (C=O) groups is 5. The van der Waals surface area contributed by atoms with Gasteiger partial charge in [-0.25, -0.2) is 9.97 Å². The smallest absolute Gasteiger partial charge is 0.271 e. The first kappa shape index (κ1) is 39.1. The molecule has 0 unspecified atom stereocenters. The average Bonchev–Trinajstić information content (AvgIpc) is 3.87. The summed E-state index contributed by atoms with van der Waals surface area (Å²) >= 11 is 1.28. The molecule has 59 heavy (non-hydrogen) atoms. The maximum atomic E-state index is 14.2. The molecular formula is C42H51N11O5S. The highest BCUT2D eigenvalue weighted by Crippen LogP contribution is 2.44. The fourth-order valence-electron chi connectivity index (χ4n) is 10.1. The Kier molecular flexibility index (Phi) is 10.4. The van der Waals surface area contributed by atoms with E-state index in [2.05, 4.69) is 46.2 Å². The largest absolute Gasteiger partial charge is 0.371 e. The molecule has 5 saturated heterocycles. The van der Waals surface area contributed by atoms with E-state index in [9.17, 15) is 24.0 Å². The number of primary amides is 1. The Labute approximate surface area is 347 Å². The Morgan fingerprint density at radius 1 is 0.966 bits per heavy atom. The van der Waals surface area contributed by atoms with Gasteiger partial charge in [0.05, 0.1) is 28.4 Å². The number of hydrogen-bond donors (Lipinski definition) is 3. The number of nitrogens with two attached hydrogens (primary N) is 1. The quantitative estimate of drug-likeness (QED) is 0.266. The summed E-state index contributed by atoms with van der Waals surface area (Å²) in [5.41, 5.74) is 8.52. The Morgan fingerprint density at radius 3 is 2.46 bits per heavy atom. The fourth-order valence-corrected chi connectivity index (χ4v) is 10.7. The molecule has 0 radical (unpaired) electrons. The van der Waals surface area contributed by atoms with Crippen LogP contribution in [-0.4, -0.2) is 123 Å². The summed E-state index contributed by atoms with van der Waals surface area (Å²) in [5, 5.41) is 6.62. The minimum absolute atomic E-state index is 0.0727. The summed E-state index contributed by atoms with van der Waals surface area (Å²) < 4.78 is 4.30. The van der Waals surface area contributed by atoms with Crippen molar-refractivity contribution in [1.82, 2.24) is 34.4 Å². The van der Waals surface area contributed by atoms with Crippen molar-refractivity contribution in [1.29, 1.82) is 0 Å². The lowest BCUT2D eigenvalue weighted by atomic mass is 9.76. The third-order valence-electron chi connectivity index (χ3n) is 13.4. The van der Waals surface area contributed by atoms with Gasteiger partial charge in [0.15, 0.2) is 11.5 Å². The van der Waals surface area contributed by atoms with E-state index in [-0.39, 0.29) is 23.1 Å². The fraction of sp³-hybridized carbons (Fsp3) is 0.524. The SMILES string of the molecule is C=C1CC[C@H](N2C(=O)c3ccc(N4CCC(CN5CCC6(CC5)CCN([C@@H]5CCCN(c7cnc(C(N)=O)c(Nc8cc(C)ns8)n7)C5)C6=O)CC4)cc3C2=O)C(=O)N1. The second-order valence-corrected chi connectivity index (χ2v) is 17.9. The van der Waals surface area contributed by atoms with Gasteiger partial charge in [-0.05, 0) is 120 Å². The first-order chi connectivity index (χ1) is 28.5. The van der Waals surface area contributed by atoms with Crippen molar-refractivity contribution < 1.29 is 24.0 Å². The van der Waals surface area contributed by atoms with E-state index >= 15 is 0 Å². The van der Waals surface area contributed by atoms with Crippen LogP contribution in [0.5, 0.6) is 0 Å². The molecule has 6 aliphatic heterocycles. The van der Waals surface area contributed by atoms with Crippen LogP contribution in [0.1, 0.15) is 94.7 Å². The zero-order valence-electron chi connectivity index (χ0n) is 33.5. The molecule has 0 bridgehead atoms. The number of aryl methyl sites for hydroxylation is 1. The van der Waals surface area contributed by atoms with E-state index in [1.807, 2.05) is 25.1 Å². The van der Waals surface area contributed by atoms with Crippen LogP contribution in [0.3, 0.4) is 0 Å². The van der Waals surface area contributed by atoms with Gasteiger partial charge in [-0.1, -0.05) is 6.58 Å². The number of likely N-dealkylation sites (tertiary alicyclic amines) is 2. The molecule has 310 valence electrons. The number of benzene rings is 1. The zero-order valence-corrected chi connectivity index (χ0v) is 34.3. The molecule has 2 aromatic heterocycles. The van der Waals surface area contributed by atoms with Crippen LogP contribution in [0.2, 0.25) is 0 Å². The van der Waals surface area contributed by atoms with E-state index in [0.29, 0.717) is 59.7 Å². The van der Waals surface area contributed by atoms with Gasteiger partial charge >= 0.3 is 0 Å². The van der Waals surface area contributed by atoms with Crippen molar-refractivity contribution in [2.24, 2.45) is 17.1 Å². The van der Waals surface area contributed by atoms with Crippen LogP contribution in [0, 0.1) is 18.3 Å². The first-order valence-corrected chi connectivity index (χ1v) is 21.6. The summed E-state index contributed by atoms with van der Waals surface area (Å²) in [5.74, 6) is -0.0557. The number of imide groups is 1. The Hall–Kier alpha value is -5.42. The van der Waals surface area contributed by atoms with Crippen molar-refractivity contribution in [2.75, 3.05) is 67.5 Å². The van der Waals surface area contributed by atoms with Crippen molar-refractivity contribution >= 4 is 63.4 Å². The standard InChI is InChI=1S/C42H51N11O5S/c1-25-5-8-32(38(55)45-25)53-39(56)30-7-6-28(21-31(30)40(53)57)50-15-9-27(10-16-50)23-49-17-11-42(12-18-49)13-19-52(41(42)58)29-4-3-14-51(24-29)33-22-44-35(36(43)54)37(46-33)47-34-20-26(2)48-59-34/h6-7,20-22,27,29,32H,1,3-5,8-19,23-24H2,2H3,(H2,43,54)(H,45,55)(H,46,47)/t29-,32+/m1/s1. The van der Waals surface area contributed by atoms with E-state index < -0.39 is 23.8 Å². The maximum Gasteiger partial charge on any atom is 0.271 e. The summed E-state index contributed by atoms with van der Waals surface area (Å²) in [6, 6.07) is 6.62. The summed E-state index contributed by atoms with van der Waals surface area (Å²) in [6.45, 7) is 12.5. The summed E-state index contributed by atoms with van der Waals surface area (Å²) in [7, 11) is 0. The molecule has 1 spiro atoms. The third kappa shape index (κ3) is 7.43. The molecule has 3 aromatic rings. The van der Waals surface area contributed by atoms with E-state index in [1.165, 1.54) is 11.5 Å². The predicted octanol–water partition coefficient (Wildman–Crippen LogP) is 3.67. The van der Waals surface area contributed by atoms with E-state index in [0.717, 1.165) is 112 Å². The molecule has 16 nitrogen and oxygen atoms in total. The monoisotopic (exact) mass is 821 g/mol. The lowest BCUT2D eigenvalue weighted by molar-refractivity contribution is -0.140. The van der Waals surface area contributed by atoms with Crippen LogP contribution in [-0.2, 0) is 9.59 Å². The van der Waals surface area contributed by atoms with E-state index in [1.54, 1.807) is 12.3 Å². The number of nitrogens with zero attached hydrogens (tertiary/aromatic N) is 8. The molecule has 5 amide bonds. The predicted molar refractivity (Wildman–Crippen MR) is 223 cm³/mol. The van der Waals surface area contributed by atoms with Crippen LogP contribution in [0.4, 0.5) is 22.3 Å². The number of hydrogen-bond acceptors (Lipinski definition) is 13. The highest BCUT2D eigenvalue weighted by molar-refractivity contribution is 7.10. The number of nitrogens with one attached hydrogen (secondary N) is 2. The molecule has 2 atom stereocenters. The molecule has 9 rings (SSSR count). The van der Waals surface area contributed by atoms with Crippen LogP contribution in [0.25, 0.3) is 0 Å². The lowest BCUT2D eigenvalue weighted by Crippen LogP contribution is -2.52. The number of allylic oxidation sites excluding steroid dienone is 1. The molecule has 6 aliphatic rings. The second-order valence-electron chi connectivity index (χ2n) is 17.1. The maximum absolute atomic E-state index is 14.2. The van der Waals surface area contributed by atoms with Gasteiger partial charge in [0, 0.05) is 56.7 Å². The van der Waals surface area contributed by atoms with Gasteiger partial charge < -0.3 is 36.0 Å². The number of amides is 5. The second kappa shape index (κ2) is 15.6. The van der Waals surface area contributed by atoms with Gasteiger partial charge in [0.1, 0.15) is 16.9 Å². The number of rotatable bonds is 9. The van der Waals surface area contributed by atoms with Crippen LogP contribution >= 0.6 is 11.5 Å². The molecular weight excluding hydrogens is 771 g/mol. The minimum atomic E-state index is -0.820. The highest BCUT2D eigenvalue weighted by Gasteiger charge is 2.50. The topological polar surface area (TPSA) is 190 Å². The Bertz CT molecular complexity index is 2210. The van der Waals surface area contributed by atoms with Gasteiger partial charge in [-0.15, -0.1) is 0 Å². The molecule has 8 heterocycles. The molecule has 5 fully saturated rings. The van der Waals surface area contributed by atoms with Crippen molar-refractivity contribution in [3.05, 3.63) is 65.3 Å². The first-order valence-electron chi connectivity index (χ1n) is 20.9. The number of piperidine rings is 4. The normalized spacial score (nSPS) is 24.0. The van der Waals surface area contributed by atoms with Crippen molar-refractivity contribution in [3.8, 4) is 0 Å². The van der Waals surface area contributed by atoms with Gasteiger partial charge in [-0.3, -0.25) is 28.9 Å². The Morgan fingerprint density at radius 2 is 1.73 bits per heavy atom. The molecule has 17 heteroatoms. The Balaban J connectivity index is 0.764. The highest BCUT2D eigenvalue weighted by atomic mass is 32.1. The molecule has 0 saturated carbocycles. The number of anilines is 4. The number of fused-ring (bicyclic) bond motifs is 1. The summed E-state index contributed by atoms with van der Waals surface area (Å²) in [6.07, 6.45) is 9.05.